The van der Waals surface area contributed by atoms with Crippen molar-refractivity contribution in [3.8, 4) is 0 Å². The van der Waals surface area contributed by atoms with E-state index in [9.17, 15) is 0 Å². The van der Waals surface area contributed by atoms with Crippen molar-refractivity contribution in [2.24, 2.45) is 0 Å². The van der Waals surface area contributed by atoms with Crippen molar-refractivity contribution in [1.29, 1.82) is 0 Å². The Bertz CT molecular complexity index is 376. The van der Waals surface area contributed by atoms with E-state index >= 15 is 0 Å². The minimum absolute atomic E-state index is 0.726. The minimum atomic E-state index is -2.41. The van der Waals surface area contributed by atoms with Gasteiger partial charge in [-0.15, -0.1) is 0 Å². The van der Waals surface area contributed by atoms with Crippen LogP contribution in [0.25, 0.3) is 0 Å². The largest absolute Gasteiger partial charge is 0.500 e. The summed E-state index contributed by atoms with van der Waals surface area (Å²) < 4.78 is 25.6. The number of anilines is 1. The van der Waals surface area contributed by atoms with Crippen LogP contribution < -0.4 is 5.73 Å². The molecule has 1 aromatic rings. The molecule has 0 radical (unpaired) electrons. The van der Waals surface area contributed by atoms with Gasteiger partial charge in [0.05, 0.1) is 13.2 Å². The van der Waals surface area contributed by atoms with E-state index in [4.69, 9.17) is 23.4 Å². The lowest BCUT2D eigenvalue weighted by atomic mass is 10.1. The van der Waals surface area contributed by atoms with Gasteiger partial charge in [-0.25, -0.2) is 0 Å². The second kappa shape index (κ2) is 13.7. The zero-order chi connectivity index (χ0) is 17.6. The van der Waals surface area contributed by atoms with E-state index in [0.717, 1.165) is 48.3 Å². The topological polar surface area (TPSA) is 72.2 Å². The van der Waals surface area contributed by atoms with Gasteiger partial charge in [-0.2, -0.15) is 0 Å². The zero-order valence-corrected chi connectivity index (χ0v) is 18.0. The second-order valence-electron chi connectivity index (χ2n) is 4.88. The number of nitrogens with two attached hydrogens (primary N) is 1. The number of nitrogen functional groups attached to an aromatic ring is 1. The molecule has 134 valence electrons. The van der Waals surface area contributed by atoms with Gasteiger partial charge in [-0.05, 0) is 30.5 Å². The van der Waals surface area contributed by atoms with E-state index in [-0.39, 0.29) is 0 Å². The van der Waals surface area contributed by atoms with Crippen molar-refractivity contribution in [2.75, 3.05) is 47.4 Å². The fourth-order valence-electron chi connectivity index (χ4n) is 1.92. The molecule has 0 aliphatic carbocycles. The van der Waals surface area contributed by atoms with E-state index in [1.807, 2.05) is 24.3 Å². The molecule has 0 spiro atoms. The Morgan fingerprint density at radius 3 is 1.91 bits per heavy atom. The standard InChI is InChI=1S/C12H21NO3Si.C3H10O2Si/c1-14-17(15-2,16-3)10-4-5-11-6-8-12(13)9-7-11;1-4-2-3-5-6/h6-9H,4-5,10,13H2,1-3H3;2-3H2,1,6H3. The monoisotopic (exact) mass is 361 g/mol. The Kier molecular flexibility index (Phi) is 13.2. The van der Waals surface area contributed by atoms with Crippen LogP contribution in [0.2, 0.25) is 6.04 Å². The maximum absolute atomic E-state index is 5.64. The summed E-state index contributed by atoms with van der Waals surface area (Å²) in [5, 5.41) is 0. The molecule has 2 N–H and O–H groups in total. The Morgan fingerprint density at radius 2 is 1.52 bits per heavy atom. The van der Waals surface area contributed by atoms with Crippen molar-refractivity contribution in [3.63, 3.8) is 0 Å². The summed E-state index contributed by atoms with van der Waals surface area (Å²) in [6.07, 6.45) is 1.96. The fourth-order valence-corrected chi connectivity index (χ4v) is 3.81. The lowest BCUT2D eigenvalue weighted by Gasteiger charge is -2.24. The van der Waals surface area contributed by atoms with Crippen molar-refractivity contribution in [3.05, 3.63) is 29.8 Å². The normalized spacial score (nSPS) is 11.1. The molecule has 0 saturated carbocycles. The molecule has 8 heteroatoms. The molecule has 6 nitrogen and oxygen atoms in total. The predicted molar refractivity (Wildman–Crippen MR) is 98.5 cm³/mol. The van der Waals surface area contributed by atoms with Gasteiger partial charge in [0.25, 0.3) is 0 Å². The number of ether oxygens (including phenoxy) is 1. The van der Waals surface area contributed by atoms with Gasteiger partial charge in [-0.3, -0.25) is 0 Å². The summed E-state index contributed by atoms with van der Waals surface area (Å²) in [5.74, 6) is 0. The highest BCUT2D eigenvalue weighted by Crippen LogP contribution is 2.17. The van der Waals surface area contributed by atoms with Crippen molar-refractivity contribution >= 4 is 25.0 Å². The Labute approximate surface area is 144 Å². The van der Waals surface area contributed by atoms with E-state index in [1.54, 1.807) is 28.4 Å². The number of hydrogen-bond acceptors (Lipinski definition) is 6. The van der Waals surface area contributed by atoms with Crippen LogP contribution in [0.5, 0.6) is 0 Å². The molecule has 0 aliphatic rings. The Hall–Kier alpha value is -0.746. The molecular weight excluding hydrogens is 330 g/mol. The second-order valence-corrected chi connectivity index (χ2v) is 8.54. The van der Waals surface area contributed by atoms with Crippen molar-refractivity contribution in [1.82, 2.24) is 0 Å². The predicted octanol–water partition coefficient (Wildman–Crippen LogP) is 1.01. The smallest absolute Gasteiger partial charge is 0.426 e. The summed E-state index contributed by atoms with van der Waals surface area (Å²) in [7, 11) is 5.01. The number of methoxy groups -OCH3 is 1. The highest BCUT2D eigenvalue weighted by Gasteiger charge is 2.36. The molecule has 0 saturated heterocycles. The van der Waals surface area contributed by atoms with Crippen LogP contribution >= 0.6 is 0 Å². The van der Waals surface area contributed by atoms with E-state index in [2.05, 4.69) is 4.74 Å². The molecule has 0 heterocycles. The lowest BCUT2D eigenvalue weighted by Crippen LogP contribution is -2.42. The Morgan fingerprint density at radius 1 is 0.957 bits per heavy atom. The molecular formula is C15H31NO5Si2. The van der Waals surface area contributed by atoms with Crippen LogP contribution in [0.4, 0.5) is 5.69 Å². The summed E-state index contributed by atoms with van der Waals surface area (Å²) in [4.78, 5) is 0. The lowest BCUT2D eigenvalue weighted by molar-refractivity contribution is 0.123. The van der Waals surface area contributed by atoms with Gasteiger partial charge in [-0.1, -0.05) is 12.1 Å². The molecule has 0 atom stereocenters. The highest BCUT2D eigenvalue weighted by molar-refractivity contribution is 6.60. The average Bonchev–Trinajstić information content (AvgIpc) is 2.59. The zero-order valence-electron chi connectivity index (χ0n) is 15.0. The van der Waals surface area contributed by atoms with Crippen molar-refractivity contribution in [2.45, 2.75) is 18.9 Å². The first-order chi connectivity index (χ1) is 11.1. The summed E-state index contributed by atoms with van der Waals surface area (Å²) in [5.41, 5.74) is 7.70. The summed E-state index contributed by atoms with van der Waals surface area (Å²) in [6.45, 7) is 1.48. The van der Waals surface area contributed by atoms with Gasteiger partial charge in [0.15, 0.2) is 0 Å². The molecule has 0 bridgehead atoms. The third-order valence-electron chi connectivity index (χ3n) is 3.35. The van der Waals surface area contributed by atoms with Gasteiger partial charge < -0.3 is 28.2 Å². The SMILES string of the molecule is COCCO[SiH3].CO[Si](CCCc1ccc(N)cc1)(OC)OC. The van der Waals surface area contributed by atoms with Gasteiger partial charge in [0.1, 0.15) is 10.5 Å². The van der Waals surface area contributed by atoms with Gasteiger partial charge in [0, 0.05) is 40.2 Å². The molecule has 0 amide bonds. The number of aryl methyl sites for hydroxylation is 1. The van der Waals surface area contributed by atoms with Crippen LogP contribution in [0, 0.1) is 0 Å². The Balaban J connectivity index is 0.000000688. The van der Waals surface area contributed by atoms with E-state index in [1.165, 1.54) is 5.56 Å². The quantitative estimate of drug-likeness (QED) is 0.381. The number of rotatable bonds is 10. The molecule has 23 heavy (non-hydrogen) atoms. The molecule has 0 aliphatic heterocycles. The first-order valence-electron chi connectivity index (χ1n) is 7.55. The van der Waals surface area contributed by atoms with Crippen LogP contribution in [-0.2, 0) is 28.9 Å². The fraction of sp³-hybridized carbons (Fsp3) is 0.600. The van der Waals surface area contributed by atoms with Gasteiger partial charge >= 0.3 is 8.80 Å². The van der Waals surface area contributed by atoms with Gasteiger partial charge in [0.2, 0.25) is 0 Å². The first kappa shape index (κ1) is 22.3. The van der Waals surface area contributed by atoms with E-state index < -0.39 is 8.80 Å². The van der Waals surface area contributed by atoms with E-state index in [0.29, 0.717) is 0 Å². The maximum Gasteiger partial charge on any atom is 0.500 e. The number of benzene rings is 1. The van der Waals surface area contributed by atoms with Crippen LogP contribution in [0.1, 0.15) is 12.0 Å². The van der Waals surface area contributed by atoms with Crippen LogP contribution in [0.3, 0.4) is 0 Å². The maximum atomic E-state index is 5.64. The van der Waals surface area contributed by atoms with Crippen LogP contribution in [-0.4, -0.2) is 60.9 Å². The molecule has 0 aromatic heterocycles. The van der Waals surface area contributed by atoms with Crippen molar-refractivity contribution < 1.29 is 22.4 Å². The highest BCUT2D eigenvalue weighted by atomic mass is 28.4. The first-order valence-corrected chi connectivity index (χ1v) is 10.3. The third kappa shape index (κ3) is 9.87. The molecule has 1 rings (SSSR count). The summed E-state index contributed by atoms with van der Waals surface area (Å²) >= 11 is 0. The molecule has 1 aromatic carbocycles. The van der Waals surface area contributed by atoms with Crippen LogP contribution in [0.15, 0.2) is 24.3 Å². The minimum Gasteiger partial charge on any atom is -0.426 e. The summed E-state index contributed by atoms with van der Waals surface area (Å²) in [6, 6.07) is 8.75. The molecule has 0 fully saturated rings. The molecule has 0 unspecified atom stereocenters. The average molecular weight is 362 g/mol. The third-order valence-corrected chi connectivity index (χ3v) is 6.59. The number of hydrogen-bond donors (Lipinski definition) is 1.